The molecule has 2 heterocycles. The normalized spacial score (nSPS) is 16.5. The van der Waals surface area contributed by atoms with Crippen LogP contribution < -0.4 is 15.5 Å². The maximum atomic E-state index is 11.9. The molecule has 134 valence electrons. The summed E-state index contributed by atoms with van der Waals surface area (Å²) < 4.78 is 0. The zero-order valence-electron chi connectivity index (χ0n) is 14.7. The van der Waals surface area contributed by atoms with Crippen LogP contribution in [0.1, 0.15) is 24.8 Å². The Kier molecular flexibility index (Phi) is 7.27. The number of aliphatic hydroxyl groups excluding tert-OH is 1. The minimum Gasteiger partial charge on any atom is -0.390 e. The first-order chi connectivity index (χ1) is 11.6. The molecule has 0 bridgehead atoms. The van der Waals surface area contributed by atoms with Gasteiger partial charge < -0.3 is 25.5 Å². The number of piperidine rings is 1. The van der Waals surface area contributed by atoms with Crippen LogP contribution in [0.4, 0.5) is 10.6 Å². The largest absolute Gasteiger partial charge is 0.390 e. The molecule has 7 nitrogen and oxygen atoms in total. The van der Waals surface area contributed by atoms with Crippen LogP contribution in [-0.4, -0.2) is 67.4 Å². The third-order valence-corrected chi connectivity index (χ3v) is 4.15. The summed E-state index contributed by atoms with van der Waals surface area (Å²) in [6.07, 6.45) is 4.86. The Hall–Kier alpha value is -1.86. The number of nitrogens with zero attached hydrogens (tertiary/aromatic N) is 3. The predicted octanol–water partition coefficient (Wildman–Crippen LogP) is 0.794. The van der Waals surface area contributed by atoms with Gasteiger partial charge in [0.2, 0.25) is 0 Å². The average molecular weight is 335 g/mol. The molecule has 0 spiro atoms. The molecule has 0 radical (unpaired) electrons. The molecular formula is C17H29N5O2. The molecule has 7 heteroatoms. The number of aliphatic hydroxyl groups is 1. The van der Waals surface area contributed by atoms with E-state index >= 15 is 0 Å². The fourth-order valence-corrected chi connectivity index (χ4v) is 2.92. The zero-order chi connectivity index (χ0) is 17.4. The van der Waals surface area contributed by atoms with Crippen LogP contribution in [-0.2, 0) is 6.54 Å². The van der Waals surface area contributed by atoms with Crippen molar-refractivity contribution in [1.82, 2.24) is 20.5 Å². The van der Waals surface area contributed by atoms with Crippen LogP contribution in [0.15, 0.2) is 18.3 Å². The smallest absolute Gasteiger partial charge is 0.315 e. The number of rotatable bonds is 7. The van der Waals surface area contributed by atoms with E-state index in [1.165, 1.54) is 19.3 Å². The van der Waals surface area contributed by atoms with E-state index in [4.69, 9.17) is 0 Å². The maximum absolute atomic E-state index is 11.9. The number of amides is 2. The van der Waals surface area contributed by atoms with Gasteiger partial charge in [0.05, 0.1) is 6.10 Å². The number of hydrogen-bond acceptors (Lipinski definition) is 5. The van der Waals surface area contributed by atoms with Crippen LogP contribution in [0.2, 0.25) is 0 Å². The van der Waals surface area contributed by atoms with E-state index < -0.39 is 6.10 Å². The summed E-state index contributed by atoms with van der Waals surface area (Å²) >= 11 is 0. The highest BCUT2D eigenvalue weighted by Crippen LogP contribution is 2.13. The summed E-state index contributed by atoms with van der Waals surface area (Å²) in [6.45, 7) is 3.36. The molecule has 1 aliphatic heterocycles. The molecular weight excluding hydrogens is 306 g/mol. The van der Waals surface area contributed by atoms with Gasteiger partial charge in [-0.05, 0) is 32.0 Å². The Balaban J connectivity index is 1.69. The fourth-order valence-electron chi connectivity index (χ4n) is 2.92. The Morgan fingerprint density at radius 2 is 2.08 bits per heavy atom. The number of pyridine rings is 1. The van der Waals surface area contributed by atoms with Crippen molar-refractivity contribution in [2.24, 2.45) is 0 Å². The van der Waals surface area contributed by atoms with Crippen LogP contribution >= 0.6 is 0 Å². The maximum Gasteiger partial charge on any atom is 0.315 e. The summed E-state index contributed by atoms with van der Waals surface area (Å²) in [5.74, 6) is 0.836. The lowest BCUT2D eigenvalue weighted by atomic mass is 10.1. The molecule has 1 atom stereocenters. The highest BCUT2D eigenvalue weighted by Gasteiger charge is 2.15. The second-order valence-electron chi connectivity index (χ2n) is 6.46. The first-order valence-electron chi connectivity index (χ1n) is 8.59. The summed E-state index contributed by atoms with van der Waals surface area (Å²) in [6, 6.07) is 3.51. The topological polar surface area (TPSA) is 80.7 Å². The molecule has 1 aromatic rings. The van der Waals surface area contributed by atoms with Crippen molar-refractivity contribution in [2.45, 2.75) is 31.9 Å². The lowest BCUT2D eigenvalue weighted by Crippen LogP contribution is -2.44. The van der Waals surface area contributed by atoms with Crippen molar-refractivity contribution in [3.8, 4) is 0 Å². The molecule has 1 aliphatic rings. The molecule has 0 aliphatic carbocycles. The summed E-state index contributed by atoms with van der Waals surface area (Å²) in [7, 11) is 3.84. The van der Waals surface area contributed by atoms with Gasteiger partial charge >= 0.3 is 6.03 Å². The highest BCUT2D eigenvalue weighted by atomic mass is 16.3. The van der Waals surface area contributed by atoms with Gasteiger partial charge in [-0.25, -0.2) is 9.78 Å². The van der Waals surface area contributed by atoms with Crippen molar-refractivity contribution in [3.05, 3.63) is 23.9 Å². The molecule has 1 fully saturated rings. The van der Waals surface area contributed by atoms with Gasteiger partial charge in [-0.1, -0.05) is 12.5 Å². The first-order valence-corrected chi connectivity index (χ1v) is 8.59. The molecule has 1 saturated heterocycles. The fraction of sp³-hybridized carbons (Fsp3) is 0.647. The molecule has 0 saturated carbocycles. The SMILES string of the molecule is CN(C)c1ncccc1CNC(=O)NC[C@@H](O)CN1CCCCC1. The number of aromatic nitrogens is 1. The number of hydrogen-bond donors (Lipinski definition) is 3. The molecule has 2 rings (SSSR count). The molecule has 2 amide bonds. The molecule has 24 heavy (non-hydrogen) atoms. The van der Waals surface area contributed by atoms with E-state index in [0.717, 1.165) is 24.5 Å². The van der Waals surface area contributed by atoms with E-state index in [1.807, 2.05) is 31.1 Å². The third-order valence-electron chi connectivity index (χ3n) is 4.15. The van der Waals surface area contributed by atoms with Crippen molar-refractivity contribution < 1.29 is 9.90 Å². The van der Waals surface area contributed by atoms with E-state index in [0.29, 0.717) is 13.1 Å². The van der Waals surface area contributed by atoms with Gasteiger partial charge in [0.25, 0.3) is 0 Å². The Labute approximate surface area is 144 Å². The molecule has 3 N–H and O–H groups in total. The second-order valence-corrected chi connectivity index (χ2v) is 6.46. The van der Waals surface area contributed by atoms with Crippen molar-refractivity contribution in [3.63, 3.8) is 0 Å². The lowest BCUT2D eigenvalue weighted by molar-refractivity contribution is 0.101. The Morgan fingerprint density at radius 1 is 1.33 bits per heavy atom. The average Bonchev–Trinajstić information content (AvgIpc) is 2.59. The minimum absolute atomic E-state index is 0.260. The van der Waals surface area contributed by atoms with E-state index in [9.17, 15) is 9.90 Å². The number of anilines is 1. The monoisotopic (exact) mass is 335 g/mol. The standard InChI is InChI=1S/C17H29N5O2/c1-21(2)16-14(7-6-8-18-16)11-19-17(24)20-12-15(23)13-22-9-4-3-5-10-22/h6-8,15,23H,3-5,9-13H2,1-2H3,(H2,19,20,24)/t15-/m1/s1. The van der Waals surface area contributed by atoms with Gasteiger partial charge in [-0.3, -0.25) is 0 Å². The Bertz CT molecular complexity index is 517. The van der Waals surface area contributed by atoms with Gasteiger partial charge in [0.1, 0.15) is 5.82 Å². The lowest BCUT2D eigenvalue weighted by Gasteiger charge is -2.28. The number of likely N-dealkylation sites (tertiary alicyclic amines) is 1. The molecule has 0 aromatic carbocycles. The third kappa shape index (κ3) is 5.98. The zero-order valence-corrected chi connectivity index (χ0v) is 14.7. The van der Waals surface area contributed by atoms with E-state index in [2.05, 4.69) is 20.5 Å². The molecule has 0 unspecified atom stereocenters. The first kappa shape index (κ1) is 18.5. The van der Waals surface area contributed by atoms with Gasteiger partial charge in [-0.2, -0.15) is 0 Å². The molecule has 1 aromatic heterocycles. The van der Waals surface area contributed by atoms with Crippen LogP contribution in [0, 0.1) is 0 Å². The summed E-state index contributed by atoms with van der Waals surface area (Å²) in [5, 5.41) is 15.6. The van der Waals surface area contributed by atoms with E-state index in [1.54, 1.807) is 6.20 Å². The van der Waals surface area contributed by atoms with Crippen molar-refractivity contribution in [2.75, 3.05) is 45.2 Å². The van der Waals surface area contributed by atoms with Gasteiger partial charge in [-0.15, -0.1) is 0 Å². The summed E-state index contributed by atoms with van der Waals surface area (Å²) in [5.41, 5.74) is 0.950. The predicted molar refractivity (Wildman–Crippen MR) is 95.1 cm³/mol. The number of urea groups is 1. The number of carbonyl (C=O) groups is 1. The van der Waals surface area contributed by atoms with Crippen LogP contribution in [0.5, 0.6) is 0 Å². The Morgan fingerprint density at radius 3 is 2.79 bits per heavy atom. The van der Waals surface area contributed by atoms with Gasteiger partial charge in [0, 0.05) is 45.5 Å². The van der Waals surface area contributed by atoms with E-state index in [-0.39, 0.29) is 12.6 Å². The van der Waals surface area contributed by atoms with Crippen LogP contribution in [0.3, 0.4) is 0 Å². The minimum atomic E-state index is -0.537. The van der Waals surface area contributed by atoms with Crippen LogP contribution in [0.25, 0.3) is 0 Å². The second kappa shape index (κ2) is 9.44. The number of nitrogens with one attached hydrogen (secondary N) is 2. The number of carbonyl (C=O) groups excluding carboxylic acids is 1. The number of β-amino-alcohol motifs (C(OH)–C–C–N with tert-alkyl or cyclic N) is 1. The van der Waals surface area contributed by atoms with Gasteiger partial charge in [0.15, 0.2) is 0 Å². The van der Waals surface area contributed by atoms with Crippen molar-refractivity contribution >= 4 is 11.8 Å². The quantitative estimate of drug-likeness (QED) is 0.687. The summed E-state index contributed by atoms with van der Waals surface area (Å²) in [4.78, 5) is 20.4. The highest BCUT2D eigenvalue weighted by molar-refractivity contribution is 5.74. The van der Waals surface area contributed by atoms with Crippen molar-refractivity contribution in [1.29, 1.82) is 0 Å².